The van der Waals surface area contributed by atoms with Gasteiger partial charge in [0.05, 0.1) is 5.56 Å². The Labute approximate surface area is 86.8 Å². The van der Waals surface area contributed by atoms with Crippen LogP contribution in [-0.4, -0.2) is 18.9 Å². The van der Waals surface area contributed by atoms with E-state index in [-0.39, 0.29) is 5.78 Å². The van der Waals surface area contributed by atoms with Crippen LogP contribution in [0.25, 0.3) is 0 Å². The van der Waals surface area contributed by atoms with E-state index < -0.39 is 12.3 Å². The molecule has 1 heterocycles. The van der Waals surface area contributed by atoms with Crippen LogP contribution in [0.15, 0.2) is 18.2 Å². The Hall–Kier alpha value is -1.68. The van der Waals surface area contributed by atoms with E-state index in [1.807, 2.05) is 0 Å². The molecule has 78 valence electrons. The summed E-state index contributed by atoms with van der Waals surface area (Å²) < 4.78 is 9.92. The third-order valence-electron chi connectivity index (χ3n) is 2.36. The molecular formula is C11H10O4. The van der Waals surface area contributed by atoms with Crippen LogP contribution in [0.2, 0.25) is 0 Å². The zero-order valence-electron chi connectivity index (χ0n) is 8.44. The maximum Gasteiger partial charge on any atom is 0.341 e. The number of hydrogen-bond donors (Lipinski definition) is 0. The molecule has 0 fully saturated rings. The average molecular weight is 206 g/mol. The second-order valence-corrected chi connectivity index (χ2v) is 3.33. The summed E-state index contributed by atoms with van der Waals surface area (Å²) in [5.41, 5.74) is 1.59. The number of benzene rings is 1. The van der Waals surface area contributed by atoms with Gasteiger partial charge in [0.25, 0.3) is 0 Å². The molecule has 1 aliphatic heterocycles. The lowest BCUT2D eigenvalue weighted by molar-refractivity contribution is -0.0815. The van der Waals surface area contributed by atoms with Crippen molar-refractivity contribution in [3.8, 4) is 0 Å². The third kappa shape index (κ3) is 1.53. The van der Waals surface area contributed by atoms with Crippen LogP contribution in [0, 0.1) is 0 Å². The lowest BCUT2D eigenvalue weighted by atomic mass is 10.0. The average Bonchev–Trinajstić information content (AvgIpc) is 2.55. The number of esters is 1. The number of ether oxygens (including phenoxy) is 2. The van der Waals surface area contributed by atoms with Gasteiger partial charge in [-0.05, 0) is 13.0 Å². The van der Waals surface area contributed by atoms with Gasteiger partial charge in [-0.1, -0.05) is 12.1 Å². The first-order valence-electron chi connectivity index (χ1n) is 4.52. The van der Waals surface area contributed by atoms with Gasteiger partial charge in [-0.15, -0.1) is 0 Å². The minimum atomic E-state index is -0.645. The molecule has 4 heteroatoms. The maximum atomic E-state index is 11.4. The second kappa shape index (κ2) is 3.47. The Kier molecular flexibility index (Phi) is 2.28. The molecule has 4 nitrogen and oxygen atoms in total. The van der Waals surface area contributed by atoms with Crippen molar-refractivity contribution < 1.29 is 19.1 Å². The highest BCUT2D eigenvalue weighted by molar-refractivity contribution is 5.99. The fraction of sp³-hybridized carbons (Fsp3) is 0.273. The third-order valence-corrected chi connectivity index (χ3v) is 2.36. The van der Waals surface area contributed by atoms with E-state index in [0.717, 1.165) is 0 Å². The molecule has 1 aromatic rings. The Bertz CT molecular complexity index is 436. The van der Waals surface area contributed by atoms with Crippen LogP contribution in [0.1, 0.15) is 39.5 Å². The van der Waals surface area contributed by atoms with Crippen LogP contribution in [0.4, 0.5) is 0 Å². The summed E-state index contributed by atoms with van der Waals surface area (Å²) in [5, 5.41) is 0. The molecule has 1 aliphatic rings. The van der Waals surface area contributed by atoms with Crippen LogP contribution in [-0.2, 0) is 9.47 Å². The number of hydrogen-bond acceptors (Lipinski definition) is 4. The molecule has 0 N–H and O–H groups in total. The first kappa shape index (κ1) is 9.86. The molecule has 0 aliphatic carbocycles. The van der Waals surface area contributed by atoms with Gasteiger partial charge in [0.15, 0.2) is 5.78 Å². The van der Waals surface area contributed by atoms with Gasteiger partial charge in [0, 0.05) is 18.2 Å². The van der Waals surface area contributed by atoms with Gasteiger partial charge in [-0.25, -0.2) is 4.79 Å². The molecule has 1 aromatic carbocycles. The number of carbonyl (C=O) groups is 2. The van der Waals surface area contributed by atoms with Crippen LogP contribution < -0.4 is 0 Å². The molecule has 1 atom stereocenters. The number of rotatable bonds is 2. The monoisotopic (exact) mass is 206 g/mol. The summed E-state index contributed by atoms with van der Waals surface area (Å²) >= 11 is 0. The first-order valence-corrected chi connectivity index (χ1v) is 4.52. The highest BCUT2D eigenvalue weighted by atomic mass is 16.7. The zero-order chi connectivity index (χ0) is 11.0. The van der Waals surface area contributed by atoms with E-state index in [1.165, 1.54) is 14.0 Å². The molecule has 0 radical (unpaired) electrons. The molecule has 0 saturated heterocycles. The highest BCUT2D eigenvalue weighted by Crippen LogP contribution is 2.31. The fourth-order valence-electron chi connectivity index (χ4n) is 1.56. The van der Waals surface area contributed by atoms with Gasteiger partial charge in [-0.3, -0.25) is 4.79 Å². The normalized spacial score (nSPS) is 18.5. The summed E-state index contributed by atoms with van der Waals surface area (Å²) in [7, 11) is 1.46. The van der Waals surface area contributed by atoms with Crippen molar-refractivity contribution in [1.82, 2.24) is 0 Å². The Balaban J connectivity index is 2.50. The summed E-state index contributed by atoms with van der Waals surface area (Å²) in [6.45, 7) is 1.45. The minimum absolute atomic E-state index is 0.0773. The minimum Gasteiger partial charge on any atom is -0.428 e. The maximum absolute atomic E-state index is 11.4. The van der Waals surface area contributed by atoms with E-state index in [9.17, 15) is 9.59 Å². The van der Waals surface area contributed by atoms with Crippen LogP contribution >= 0.6 is 0 Å². The predicted molar refractivity (Wildman–Crippen MR) is 51.6 cm³/mol. The Morgan fingerprint density at radius 2 is 2.20 bits per heavy atom. The molecule has 0 amide bonds. The number of Topliss-reactive ketones (excluding diaryl/α,β-unsaturated/α-hetero) is 1. The molecule has 0 bridgehead atoms. The van der Waals surface area contributed by atoms with Gasteiger partial charge >= 0.3 is 5.97 Å². The Morgan fingerprint density at radius 3 is 2.80 bits per heavy atom. The summed E-state index contributed by atoms with van der Waals surface area (Å²) in [4.78, 5) is 22.5. The molecular weight excluding hydrogens is 196 g/mol. The topological polar surface area (TPSA) is 52.6 Å². The first-order chi connectivity index (χ1) is 7.13. The van der Waals surface area contributed by atoms with Crippen molar-refractivity contribution in [2.24, 2.45) is 0 Å². The largest absolute Gasteiger partial charge is 0.428 e. The zero-order valence-corrected chi connectivity index (χ0v) is 8.44. The predicted octanol–water partition coefficient (Wildman–Crippen LogP) is 1.70. The molecule has 0 spiro atoms. The van der Waals surface area contributed by atoms with E-state index >= 15 is 0 Å². The molecule has 1 unspecified atom stereocenters. The summed E-state index contributed by atoms with van der Waals surface area (Å²) in [6.07, 6.45) is -0.645. The van der Waals surface area contributed by atoms with Crippen LogP contribution in [0.5, 0.6) is 0 Å². The summed E-state index contributed by atoms with van der Waals surface area (Å²) in [5.74, 6) is -0.522. The molecule has 15 heavy (non-hydrogen) atoms. The second-order valence-electron chi connectivity index (χ2n) is 3.33. The van der Waals surface area contributed by atoms with E-state index in [0.29, 0.717) is 16.7 Å². The van der Waals surface area contributed by atoms with Gasteiger partial charge in [-0.2, -0.15) is 0 Å². The fourth-order valence-corrected chi connectivity index (χ4v) is 1.56. The molecule has 0 aromatic heterocycles. The van der Waals surface area contributed by atoms with Crippen molar-refractivity contribution in [3.63, 3.8) is 0 Å². The molecule has 2 rings (SSSR count). The quantitative estimate of drug-likeness (QED) is 0.546. The highest BCUT2D eigenvalue weighted by Gasteiger charge is 2.31. The number of fused-ring (bicyclic) bond motifs is 1. The van der Waals surface area contributed by atoms with Gasteiger partial charge < -0.3 is 9.47 Å². The van der Waals surface area contributed by atoms with Gasteiger partial charge in [0.2, 0.25) is 6.29 Å². The number of methoxy groups -OCH3 is 1. The van der Waals surface area contributed by atoms with Crippen molar-refractivity contribution in [1.29, 1.82) is 0 Å². The van der Waals surface area contributed by atoms with Crippen molar-refractivity contribution in [2.75, 3.05) is 7.11 Å². The van der Waals surface area contributed by atoms with Crippen molar-refractivity contribution in [3.05, 3.63) is 34.9 Å². The Morgan fingerprint density at radius 1 is 1.47 bits per heavy atom. The van der Waals surface area contributed by atoms with Crippen molar-refractivity contribution >= 4 is 11.8 Å². The molecule has 0 saturated carbocycles. The lowest BCUT2D eigenvalue weighted by Gasteiger charge is -2.06. The van der Waals surface area contributed by atoms with E-state index in [2.05, 4.69) is 0 Å². The number of ketones is 1. The number of cyclic esters (lactones) is 1. The standard InChI is InChI=1S/C11H10O4/c1-6(12)7-3-4-8-9(5-7)10(13)15-11(8)14-2/h3-5,11H,1-2H3. The lowest BCUT2D eigenvalue weighted by Crippen LogP contribution is -1.99. The van der Waals surface area contributed by atoms with E-state index in [1.54, 1.807) is 18.2 Å². The summed E-state index contributed by atoms with van der Waals surface area (Å²) in [6, 6.07) is 4.89. The van der Waals surface area contributed by atoms with Crippen LogP contribution in [0.3, 0.4) is 0 Å². The SMILES string of the molecule is COC1OC(=O)c2cc(C(C)=O)ccc21. The number of carbonyl (C=O) groups excluding carboxylic acids is 2. The van der Waals surface area contributed by atoms with E-state index in [4.69, 9.17) is 9.47 Å². The smallest absolute Gasteiger partial charge is 0.341 e. The van der Waals surface area contributed by atoms with Crippen molar-refractivity contribution in [2.45, 2.75) is 13.2 Å². The van der Waals surface area contributed by atoms with Gasteiger partial charge in [0.1, 0.15) is 0 Å².